The van der Waals surface area contributed by atoms with Gasteiger partial charge < -0.3 is 83.9 Å². The third-order valence-electron chi connectivity index (χ3n) is 17.3. The number of aliphatic hydroxyl groups excluding tert-OH is 9. The molecule has 9 N–H and O–H groups in total. The van der Waals surface area contributed by atoms with Gasteiger partial charge in [-0.05, 0) is 92.8 Å². The predicted octanol–water partition coefficient (Wildman–Crippen LogP) is 0.338. The van der Waals surface area contributed by atoms with Crippen LogP contribution in [0.1, 0.15) is 85.5 Å². The minimum Gasteiger partial charge on any atom is -0.394 e. The highest BCUT2D eigenvalue weighted by molar-refractivity contribution is 5.27. The second kappa shape index (κ2) is 17.1. The van der Waals surface area contributed by atoms with Crippen LogP contribution in [0.5, 0.6) is 0 Å². The Bertz CT molecular complexity index is 1640. The van der Waals surface area contributed by atoms with Crippen molar-refractivity contribution in [2.24, 2.45) is 46.3 Å². The van der Waals surface area contributed by atoms with E-state index in [1.54, 1.807) is 0 Å². The summed E-state index contributed by atoms with van der Waals surface area (Å²) in [6.45, 7) is 13.0. The van der Waals surface area contributed by atoms with E-state index in [9.17, 15) is 46.0 Å². The minimum absolute atomic E-state index is 0.0591. The van der Waals surface area contributed by atoms with Crippen LogP contribution in [0.4, 0.5) is 0 Å². The molecular weight excluding hydrogens is 812 g/mol. The Hall–Kier alpha value is -1.20. The Morgan fingerprint density at radius 2 is 1.47 bits per heavy atom. The lowest BCUT2D eigenvalue weighted by atomic mass is 9.47. The molecule has 0 aromatic rings. The molecule has 26 unspecified atom stereocenters. The first-order valence-electron chi connectivity index (χ1n) is 23.1. The predicted molar refractivity (Wildman–Crippen MR) is 214 cm³/mol. The Morgan fingerprint density at radius 1 is 0.758 bits per heavy atom. The molecule has 1 spiro atoms. The van der Waals surface area contributed by atoms with Crippen LogP contribution in [0.2, 0.25) is 0 Å². The number of hydrogen-bond acceptors (Lipinski definition) is 17. The summed E-state index contributed by atoms with van der Waals surface area (Å²) in [6.07, 6.45) is -11.5. The Morgan fingerprint density at radius 3 is 2.16 bits per heavy atom. The smallest absolute Gasteiger partial charge is 0.189 e. The highest BCUT2D eigenvalue weighted by Crippen LogP contribution is 2.71. The first-order valence-corrected chi connectivity index (χ1v) is 23.1. The second-order valence-electron chi connectivity index (χ2n) is 20.7. The normalized spacial score (nSPS) is 57.6. The lowest BCUT2D eigenvalue weighted by Crippen LogP contribution is -2.66. The molecule has 5 saturated heterocycles. The van der Waals surface area contributed by atoms with E-state index in [4.69, 9.17) is 37.9 Å². The molecule has 62 heavy (non-hydrogen) atoms. The molecule has 9 rings (SSSR count). The molecule has 3 saturated carbocycles. The molecular formula is C45H70O17. The van der Waals surface area contributed by atoms with Gasteiger partial charge in [0.2, 0.25) is 0 Å². The third-order valence-corrected chi connectivity index (χ3v) is 17.3. The maximum Gasteiger partial charge on any atom is 0.189 e. The van der Waals surface area contributed by atoms with Gasteiger partial charge in [0.05, 0.1) is 31.5 Å². The van der Waals surface area contributed by atoms with E-state index in [-0.39, 0.29) is 22.9 Å². The molecule has 8 fully saturated rings. The van der Waals surface area contributed by atoms with Crippen LogP contribution in [0, 0.1) is 46.3 Å². The van der Waals surface area contributed by atoms with Crippen molar-refractivity contribution in [3.05, 3.63) is 24.3 Å². The van der Waals surface area contributed by atoms with Gasteiger partial charge in [0.15, 0.2) is 30.9 Å². The van der Waals surface area contributed by atoms with E-state index in [0.29, 0.717) is 42.4 Å². The van der Waals surface area contributed by atoms with Crippen molar-refractivity contribution in [3.63, 3.8) is 0 Å². The second-order valence-corrected chi connectivity index (χ2v) is 20.7. The molecule has 4 aliphatic carbocycles. The van der Waals surface area contributed by atoms with Crippen LogP contribution in [-0.4, -0.2) is 169 Å². The quantitative estimate of drug-likeness (QED) is 0.149. The number of fused-ring (bicyclic) bond motifs is 7. The first kappa shape index (κ1) is 45.9. The van der Waals surface area contributed by atoms with Gasteiger partial charge in [0.1, 0.15) is 61.0 Å². The zero-order valence-corrected chi connectivity index (χ0v) is 36.2. The Labute approximate surface area is 362 Å². The Kier molecular flexibility index (Phi) is 12.7. The monoisotopic (exact) mass is 882 g/mol. The van der Waals surface area contributed by atoms with Gasteiger partial charge in [0, 0.05) is 18.3 Å². The van der Waals surface area contributed by atoms with Crippen molar-refractivity contribution < 1.29 is 83.9 Å². The van der Waals surface area contributed by atoms with Crippen LogP contribution < -0.4 is 0 Å². The standard InChI is InChI=1S/C45H70O17/c1-6-24-29-27(62-45(24)14-9-19(2)18-55-45)16-26-23-8-7-21-15-22(10-12-43(21,4)25(23)11-13-44(26,29)5)57-42-38(60-40-34(51)31(48)30(47)20(3)56-40)36(53)37(28(17-46)58-42)59-41-35(52)32(49)33(50)39(54)61-41/h6-7,19-20,22-42,46-54H,1,8-18H2,2-5H3. The van der Waals surface area contributed by atoms with Crippen molar-refractivity contribution in [3.8, 4) is 0 Å². The number of rotatable bonds is 8. The maximum atomic E-state index is 11.9. The van der Waals surface area contributed by atoms with E-state index in [1.165, 1.54) is 12.5 Å². The highest BCUT2D eigenvalue weighted by atomic mass is 16.8. The molecule has 9 aliphatic rings. The van der Waals surface area contributed by atoms with E-state index < -0.39 is 111 Å². The van der Waals surface area contributed by atoms with Crippen LogP contribution in [0.25, 0.3) is 0 Å². The summed E-state index contributed by atoms with van der Waals surface area (Å²) in [6, 6.07) is 0. The summed E-state index contributed by atoms with van der Waals surface area (Å²) in [5, 5.41) is 95.4. The van der Waals surface area contributed by atoms with Gasteiger partial charge >= 0.3 is 0 Å². The summed E-state index contributed by atoms with van der Waals surface area (Å²) >= 11 is 0. The SMILES string of the molecule is C=CC1C2C(CC3C4CC=C5CC(OC6OC(CO)C(OC7OC(O)C(O)C(O)C7O)C(O)C6OC6OC(C)C(O)C(O)C6O)CCC5(C)C4CCC32C)OC12CCC(C)CO2. The van der Waals surface area contributed by atoms with E-state index >= 15 is 0 Å². The summed E-state index contributed by atoms with van der Waals surface area (Å²) in [4.78, 5) is 0. The van der Waals surface area contributed by atoms with Crippen LogP contribution in [0.15, 0.2) is 24.3 Å². The number of allylic oxidation sites excluding steroid dienone is 1. The number of hydrogen-bond donors (Lipinski definition) is 9. The summed E-state index contributed by atoms with van der Waals surface area (Å²) < 4.78 is 49.4. The molecule has 17 heteroatoms. The van der Waals surface area contributed by atoms with Crippen molar-refractivity contribution in [1.29, 1.82) is 0 Å². The zero-order chi connectivity index (χ0) is 44.2. The van der Waals surface area contributed by atoms with Crippen molar-refractivity contribution in [2.75, 3.05) is 13.2 Å². The molecule has 26 atom stereocenters. The maximum absolute atomic E-state index is 11.9. The summed E-state index contributed by atoms with van der Waals surface area (Å²) in [5.41, 5.74) is 1.37. The molecule has 352 valence electrons. The largest absolute Gasteiger partial charge is 0.394 e. The zero-order valence-electron chi connectivity index (χ0n) is 36.2. The molecule has 0 amide bonds. The minimum atomic E-state index is -1.94. The van der Waals surface area contributed by atoms with Gasteiger partial charge in [-0.25, -0.2) is 0 Å². The lowest BCUT2D eigenvalue weighted by Gasteiger charge is -2.59. The van der Waals surface area contributed by atoms with Gasteiger partial charge in [-0.1, -0.05) is 38.5 Å². The number of aliphatic hydroxyl groups is 9. The topological polar surface area (TPSA) is 256 Å². The fraction of sp³-hybridized carbons (Fsp3) is 0.911. The van der Waals surface area contributed by atoms with Gasteiger partial charge in [0.25, 0.3) is 0 Å². The van der Waals surface area contributed by atoms with Crippen molar-refractivity contribution in [2.45, 2.75) is 196 Å². The average molecular weight is 883 g/mol. The fourth-order valence-electron chi connectivity index (χ4n) is 13.7. The molecule has 0 aromatic heterocycles. The van der Waals surface area contributed by atoms with E-state index in [0.717, 1.165) is 51.6 Å². The molecule has 0 bridgehead atoms. The van der Waals surface area contributed by atoms with E-state index in [1.807, 2.05) is 0 Å². The molecule has 0 aromatic carbocycles. The molecule has 5 heterocycles. The first-order chi connectivity index (χ1) is 29.4. The van der Waals surface area contributed by atoms with Gasteiger partial charge in [-0.15, -0.1) is 6.58 Å². The van der Waals surface area contributed by atoms with E-state index in [2.05, 4.69) is 39.5 Å². The van der Waals surface area contributed by atoms with Crippen LogP contribution >= 0.6 is 0 Å². The molecule has 5 aliphatic heterocycles. The molecule has 0 radical (unpaired) electrons. The summed E-state index contributed by atoms with van der Waals surface area (Å²) in [5.74, 6) is 2.02. The van der Waals surface area contributed by atoms with Gasteiger partial charge in [-0.2, -0.15) is 0 Å². The fourth-order valence-corrected chi connectivity index (χ4v) is 13.7. The van der Waals surface area contributed by atoms with Crippen LogP contribution in [-0.2, 0) is 37.9 Å². The average Bonchev–Trinajstić information content (AvgIpc) is 3.72. The van der Waals surface area contributed by atoms with Gasteiger partial charge in [-0.3, -0.25) is 0 Å². The third kappa shape index (κ3) is 7.41. The highest BCUT2D eigenvalue weighted by Gasteiger charge is 2.69. The number of ether oxygens (including phenoxy) is 8. The van der Waals surface area contributed by atoms with Crippen molar-refractivity contribution >= 4 is 0 Å². The van der Waals surface area contributed by atoms with Crippen molar-refractivity contribution in [1.82, 2.24) is 0 Å². The summed E-state index contributed by atoms with van der Waals surface area (Å²) in [7, 11) is 0. The molecule has 17 nitrogen and oxygen atoms in total. The lowest BCUT2D eigenvalue weighted by molar-refractivity contribution is -0.397. The van der Waals surface area contributed by atoms with Crippen LogP contribution in [0.3, 0.4) is 0 Å². The Balaban J connectivity index is 0.920.